The van der Waals surface area contributed by atoms with Crippen LogP contribution < -0.4 is 9.47 Å². The number of fused-ring (bicyclic) bond motifs is 2. The molecule has 5 rings (SSSR count). The lowest BCUT2D eigenvalue weighted by molar-refractivity contribution is 0.390. The highest BCUT2D eigenvalue weighted by atomic mass is 16.5. The smallest absolute Gasteiger partial charge is 0.126 e. The van der Waals surface area contributed by atoms with Gasteiger partial charge in [0.1, 0.15) is 11.5 Å². The van der Waals surface area contributed by atoms with Gasteiger partial charge in [-0.2, -0.15) is 0 Å². The first kappa shape index (κ1) is 19.3. The van der Waals surface area contributed by atoms with Crippen molar-refractivity contribution in [2.24, 2.45) is 0 Å². The lowest BCUT2D eigenvalue weighted by Crippen LogP contribution is -2.08. The van der Waals surface area contributed by atoms with E-state index in [0.29, 0.717) is 0 Å². The maximum absolute atomic E-state index is 5.87. The van der Waals surface area contributed by atoms with Crippen LogP contribution in [-0.4, -0.2) is 24.2 Å². The van der Waals surface area contributed by atoms with E-state index >= 15 is 0 Å². The minimum Gasteiger partial charge on any atom is -0.497 e. The van der Waals surface area contributed by atoms with Gasteiger partial charge in [0.2, 0.25) is 0 Å². The van der Waals surface area contributed by atoms with E-state index in [1.165, 1.54) is 21.9 Å². The van der Waals surface area contributed by atoms with Gasteiger partial charge in [0.05, 0.1) is 14.2 Å². The molecule has 4 heteroatoms. The van der Waals surface area contributed by atoms with Gasteiger partial charge < -0.3 is 19.4 Å². The predicted octanol–water partition coefficient (Wildman–Crippen LogP) is 6.46. The van der Waals surface area contributed by atoms with E-state index in [1.54, 1.807) is 14.2 Å². The van der Waals surface area contributed by atoms with E-state index in [-0.39, 0.29) is 5.92 Å². The number of nitrogens with one attached hydrogen (secondary N) is 2. The summed E-state index contributed by atoms with van der Waals surface area (Å²) < 4.78 is 11.3. The molecule has 0 aliphatic heterocycles. The Hall–Kier alpha value is -3.66. The molecule has 2 aromatic heterocycles. The molecule has 0 saturated heterocycles. The van der Waals surface area contributed by atoms with Crippen molar-refractivity contribution in [3.8, 4) is 11.5 Å². The van der Waals surface area contributed by atoms with Crippen molar-refractivity contribution < 1.29 is 9.47 Å². The maximum Gasteiger partial charge on any atom is 0.126 e. The van der Waals surface area contributed by atoms with Crippen LogP contribution in [-0.2, 0) is 0 Å². The second kappa shape index (κ2) is 7.55. The van der Waals surface area contributed by atoms with Crippen LogP contribution in [0.5, 0.6) is 11.5 Å². The summed E-state index contributed by atoms with van der Waals surface area (Å²) >= 11 is 0. The average molecular weight is 411 g/mol. The summed E-state index contributed by atoms with van der Waals surface area (Å²) in [6, 6.07) is 23.1. The predicted molar refractivity (Wildman–Crippen MR) is 127 cm³/mol. The molecule has 0 amide bonds. The SMILES string of the molecule is COc1ccc(C(c2c(C)[nH]c3ccccc23)c2c(C)[nH]c3ccccc23)c(OC)c1. The first-order valence-electron chi connectivity index (χ1n) is 10.5. The van der Waals surface area contributed by atoms with Crippen LogP contribution in [0.3, 0.4) is 0 Å². The van der Waals surface area contributed by atoms with Crippen molar-refractivity contribution in [3.63, 3.8) is 0 Å². The molecule has 0 bridgehead atoms. The number of aromatic nitrogens is 2. The van der Waals surface area contributed by atoms with E-state index < -0.39 is 0 Å². The molecule has 0 radical (unpaired) electrons. The normalized spacial score (nSPS) is 11.5. The second-order valence-corrected chi connectivity index (χ2v) is 7.96. The summed E-state index contributed by atoms with van der Waals surface area (Å²) in [4.78, 5) is 7.18. The molecule has 0 fully saturated rings. The first-order chi connectivity index (χ1) is 15.1. The van der Waals surface area contributed by atoms with Crippen molar-refractivity contribution in [1.29, 1.82) is 0 Å². The molecule has 4 nitrogen and oxygen atoms in total. The molecule has 31 heavy (non-hydrogen) atoms. The molecule has 0 saturated carbocycles. The van der Waals surface area contributed by atoms with E-state index in [1.807, 2.05) is 12.1 Å². The summed E-state index contributed by atoms with van der Waals surface area (Å²) in [7, 11) is 3.40. The van der Waals surface area contributed by atoms with Gasteiger partial charge in [0, 0.05) is 50.7 Å². The van der Waals surface area contributed by atoms with Crippen LogP contribution in [0, 0.1) is 13.8 Å². The summed E-state index contributed by atoms with van der Waals surface area (Å²) in [5.74, 6) is 1.59. The molecule has 3 aromatic carbocycles. The number of aromatic amines is 2. The van der Waals surface area contributed by atoms with Gasteiger partial charge >= 0.3 is 0 Å². The van der Waals surface area contributed by atoms with Crippen molar-refractivity contribution in [2.45, 2.75) is 19.8 Å². The average Bonchev–Trinajstić information content (AvgIpc) is 3.30. The third kappa shape index (κ3) is 3.07. The third-order valence-corrected chi connectivity index (χ3v) is 6.22. The highest BCUT2D eigenvalue weighted by Gasteiger charge is 2.29. The number of rotatable bonds is 5. The fourth-order valence-electron chi connectivity index (χ4n) is 4.85. The molecule has 156 valence electrons. The Balaban J connectivity index is 1.88. The topological polar surface area (TPSA) is 50.0 Å². The quantitative estimate of drug-likeness (QED) is 0.349. The van der Waals surface area contributed by atoms with E-state index in [4.69, 9.17) is 9.47 Å². The zero-order valence-corrected chi connectivity index (χ0v) is 18.2. The summed E-state index contributed by atoms with van der Waals surface area (Å²) in [6.45, 7) is 4.31. The molecule has 0 unspecified atom stereocenters. The molecular weight excluding hydrogens is 384 g/mol. The van der Waals surface area contributed by atoms with E-state index in [2.05, 4.69) is 78.4 Å². The van der Waals surface area contributed by atoms with Crippen molar-refractivity contribution in [3.05, 3.63) is 94.8 Å². The summed E-state index contributed by atoms with van der Waals surface area (Å²) in [6.07, 6.45) is 0. The zero-order chi connectivity index (χ0) is 21.5. The van der Waals surface area contributed by atoms with Crippen LogP contribution in [0.15, 0.2) is 66.7 Å². The maximum atomic E-state index is 5.87. The molecule has 2 N–H and O–H groups in total. The Bertz CT molecular complexity index is 1310. The van der Waals surface area contributed by atoms with Crippen molar-refractivity contribution in [2.75, 3.05) is 14.2 Å². The Morgan fingerprint density at radius 1 is 0.677 bits per heavy atom. The molecule has 0 spiro atoms. The zero-order valence-electron chi connectivity index (χ0n) is 18.2. The van der Waals surface area contributed by atoms with Gasteiger partial charge in [0.25, 0.3) is 0 Å². The summed E-state index contributed by atoms with van der Waals surface area (Å²) in [5.41, 5.74) is 8.26. The summed E-state index contributed by atoms with van der Waals surface area (Å²) in [5, 5.41) is 2.46. The van der Waals surface area contributed by atoms with Crippen molar-refractivity contribution in [1.82, 2.24) is 9.97 Å². The van der Waals surface area contributed by atoms with E-state index in [9.17, 15) is 0 Å². The highest BCUT2D eigenvalue weighted by Crippen LogP contribution is 2.45. The standard InChI is InChI=1S/C27H26N2O2/c1-16-25(19-9-5-7-11-22(19)28-16)27(21-14-13-18(30-3)15-24(21)31-4)26-17(2)29-23-12-8-6-10-20(23)26/h5-15,27-29H,1-4H3. The number of ether oxygens (including phenoxy) is 2. The molecule has 5 aromatic rings. The number of H-pyrrole nitrogens is 2. The number of methoxy groups -OCH3 is 2. The molecule has 0 atom stereocenters. The van der Waals surface area contributed by atoms with Gasteiger partial charge in [0.15, 0.2) is 0 Å². The molecule has 0 aliphatic rings. The Labute approximate surface area is 181 Å². The van der Waals surface area contributed by atoms with Gasteiger partial charge in [-0.3, -0.25) is 0 Å². The van der Waals surface area contributed by atoms with E-state index in [0.717, 1.165) is 39.5 Å². The van der Waals surface area contributed by atoms with Gasteiger partial charge in [-0.1, -0.05) is 42.5 Å². The van der Waals surface area contributed by atoms with Crippen LogP contribution in [0.1, 0.15) is 34.0 Å². The molecule has 2 heterocycles. The van der Waals surface area contributed by atoms with Crippen LogP contribution >= 0.6 is 0 Å². The largest absolute Gasteiger partial charge is 0.497 e. The van der Waals surface area contributed by atoms with Gasteiger partial charge in [-0.15, -0.1) is 0 Å². The monoisotopic (exact) mass is 410 g/mol. The van der Waals surface area contributed by atoms with Gasteiger partial charge in [-0.05, 0) is 43.2 Å². The van der Waals surface area contributed by atoms with Crippen LogP contribution in [0.2, 0.25) is 0 Å². The Morgan fingerprint density at radius 3 is 1.74 bits per heavy atom. The fraction of sp³-hybridized carbons (Fsp3) is 0.185. The lowest BCUT2D eigenvalue weighted by Gasteiger charge is -2.22. The third-order valence-electron chi connectivity index (χ3n) is 6.22. The first-order valence-corrected chi connectivity index (χ1v) is 10.5. The number of hydrogen-bond acceptors (Lipinski definition) is 2. The molecular formula is C27H26N2O2. The van der Waals surface area contributed by atoms with Crippen LogP contribution in [0.4, 0.5) is 0 Å². The fourth-order valence-corrected chi connectivity index (χ4v) is 4.85. The number of benzene rings is 3. The number of hydrogen-bond donors (Lipinski definition) is 2. The highest BCUT2D eigenvalue weighted by molar-refractivity contribution is 5.91. The minimum absolute atomic E-state index is 0.00634. The Morgan fingerprint density at radius 2 is 1.23 bits per heavy atom. The molecule has 0 aliphatic carbocycles. The van der Waals surface area contributed by atoms with Crippen molar-refractivity contribution >= 4 is 21.8 Å². The minimum atomic E-state index is -0.00634. The Kier molecular flexibility index (Phi) is 4.70. The number of aryl methyl sites for hydroxylation is 2. The van der Waals surface area contributed by atoms with Gasteiger partial charge in [-0.25, -0.2) is 0 Å². The lowest BCUT2D eigenvalue weighted by atomic mass is 9.81. The number of para-hydroxylation sites is 2. The second-order valence-electron chi connectivity index (χ2n) is 7.96. The van der Waals surface area contributed by atoms with Crippen LogP contribution in [0.25, 0.3) is 21.8 Å².